The molecule has 33 heavy (non-hydrogen) atoms. The lowest BCUT2D eigenvalue weighted by molar-refractivity contribution is 0.682. The maximum Gasteiger partial charge on any atom is 0.181 e. The highest BCUT2D eigenvalue weighted by Gasteiger charge is 2.16. The molecule has 2 heterocycles. The molecule has 5 aromatic rings. The normalized spacial score (nSPS) is 13.0. The van der Waals surface area contributed by atoms with Crippen molar-refractivity contribution in [3.8, 4) is 45.6 Å². The minimum Gasteiger partial charge on any atom is -0.263 e. The molecule has 0 saturated heterocycles. The number of benzene rings is 3. The maximum atomic E-state index is 13.2. The molecule has 0 amide bonds. The first-order valence-electron chi connectivity index (χ1n) is 10.5. The van der Waals surface area contributed by atoms with E-state index in [0.29, 0.717) is 33.9 Å². The van der Waals surface area contributed by atoms with Gasteiger partial charge in [-0.1, -0.05) is 67.6 Å². The van der Waals surface area contributed by atoms with Crippen LogP contribution in [0, 0.1) is 0 Å². The van der Waals surface area contributed by atoms with Crippen LogP contribution in [0.1, 0.15) is 6.92 Å². The van der Waals surface area contributed by atoms with Crippen molar-refractivity contribution < 1.29 is 4.21 Å². The van der Waals surface area contributed by atoms with Gasteiger partial charge in [0, 0.05) is 32.9 Å². The van der Waals surface area contributed by atoms with Crippen molar-refractivity contribution in [2.75, 3.05) is 5.75 Å². The molecule has 2 N–H and O–H groups in total. The molecular weight excluding hydrogens is 432 g/mol. The lowest BCUT2D eigenvalue weighted by Gasteiger charge is -2.10. The van der Waals surface area contributed by atoms with E-state index in [1.807, 2.05) is 85.8 Å². The summed E-state index contributed by atoms with van der Waals surface area (Å²) in [6.45, 7) is 1.86. The number of H-pyrrole nitrogens is 2. The van der Waals surface area contributed by atoms with Gasteiger partial charge in [0.1, 0.15) is 0 Å². The van der Waals surface area contributed by atoms with Crippen molar-refractivity contribution in [3.05, 3.63) is 78.9 Å². The molecule has 0 spiro atoms. The smallest absolute Gasteiger partial charge is 0.181 e. The zero-order valence-electron chi connectivity index (χ0n) is 18.0. The molecule has 0 fully saturated rings. The van der Waals surface area contributed by atoms with Crippen LogP contribution < -0.4 is 0 Å². The third-order valence-corrected chi connectivity index (χ3v) is 7.41. The number of nitrogens with one attached hydrogen (secondary N) is 2. The highest BCUT2D eigenvalue weighted by atomic mass is 32.2. The zero-order valence-corrected chi connectivity index (χ0v) is 18.8. The topological polar surface area (TPSA) is 100 Å². The summed E-state index contributed by atoms with van der Waals surface area (Å²) in [5.41, 5.74) is 3.31. The van der Waals surface area contributed by atoms with Crippen molar-refractivity contribution in [2.24, 2.45) is 0 Å². The molecule has 1 atom stereocenters. The average molecular weight is 455 g/mol. The van der Waals surface area contributed by atoms with E-state index in [0.717, 1.165) is 22.3 Å². The van der Waals surface area contributed by atoms with Gasteiger partial charge in [-0.3, -0.25) is 14.4 Å². The first kappa shape index (κ1) is 20.8. The monoisotopic (exact) mass is 454 g/mol. The van der Waals surface area contributed by atoms with Crippen LogP contribution in [-0.2, 0) is 9.52 Å². The van der Waals surface area contributed by atoms with Gasteiger partial charge in [-0.25, -0.2) is 9.97 Å². The fourth-order valence-corrected chi connectivity index (χ4v) is 4.49. The predicted octanol–water partition coefficient (Wildman–Crippen LogP) is 4.69. The van der Waals surface area contributed by atoms with E-state index in [1.165, 1.54) is 0 Å². The highest BCUT2D eigenvalue weighted by Crippen LogP contribution is 2.29. The van der Waals surface area contributed by atoms with Crippen LogP contribution in [0.5, 0.6) is 0 Å². The number of nitrogens with zero attached hydrogens (tertiary/aromatic N) is 4. The first-order chi connectivity index (χ1) is 16.0. The molecule has 5 rings (SSSR count). The molecule has 0 saturated carbocycles. The van der Waals surface area contributed by atoms with Crippen molar-refractivity contribution in [1.82, 2.24) is 30.4 Å². The summed E-state index contributed by atoms with van der Waals surface area (Å²) < 4.78 is 13.2. The summed E-state index contributed by atoms with van der Waals surface area (Å²) in [6, 6.07) is 25.1. The van der Waals surface area contributed by atoms with Crippen LogP contribution in [-0.4, -0.2) is 46.2 Å². The molecule has 1 unspecified atom stereocenters. The van der Waals surface area contributed by atoms with Gasteiger partial charge < -0.3 is 0 Å². The van der Waals surface area contributed by atoms with Gasteiger partial charge in [0.15, 0.2) is 23.3 Å². The predicted molar refractivity (Wildman–Crippen MR) is 132 cm³/mol. The SMILES string of the molecule is C=S(=O)(CC)c1cc(-c2n[nH]c(-c3ccccc3)n2)cc(-c2n[nH]c(-c3ccccc3)n2)c1. The fourth-order valence-electron chi connectivity index (χ4n) is 3.47. The molecule has 0 radical (unpaired) electrons. The summed E-state index contributed by atoms with van der Waals surface area (Å²) in [5, 5.41) is 14.8. The lowest BCUT2D eigenvalue weighted by Crippen LogP contribution is -2.04. The molecule has 0 bridgehead atoms. The van der Waals surface area contributed by atoms with E-state index in [2.05, 4.69) is 36.2 Å². The molecule has 0 aliphatic heterocycles. The van der Waals surface area contributed by atoms with Crippen molar-refractivity contribution in [1.29, 1.82) is 0 Å². The van der Waals surface area contributed by atoms with Crippen LogP contribution in [0.15, 0.2) is 83.8 Å². The standard InChI is InChI=1S/C25H22N6OS/c1-3-33(2,32)21-15-19(24-26-22(28-30-24)17-10-6-4-7-11-17)14-20(16-21)25-27-23(29-31-25)18-12-8-5-9-13-18/h4-16H,2-3H2,1H3,(H,26,28,30)(H,27,29,31). The Morgan fingerprint density at radius 3 is 1.61 bits per heavy atom. The highest BCUT2D eigenvalue weighted by molar-refractivity contribution is 8.00. The Bertz CT molecular complexity index is 1410. The minimum absolute atomic E-state index is 0.419. The van der Waals surface area contributed by atoms with Gasteiger partial charge >= 0.3 is 0 Å². The summed E-state index contributed by atoms with van der Waals surface area (Å²) >= 11 is 0. The second kappa shape index (κ2) is 8.48. The van der Waals surface area contributed by atoms with Crippen molar-refractivity contribution in [3.63, 3.8) is 0 Å². The Morgan fingerprint density at radius 1 is 0.727 bits per heavy atom. The number of rotatable bonds is 6. The lowest BCUT2D eigenvalue weighted by atomic mass is 10.1. The average Bonchev–Trinajstić information content (AvgIpc) is 3.56. The number of hydrogen-bond acceptors (Lipinski definition) is 5. The third-order valence-electron chi connectivity index (χ3n) is 5.38. The summed E-state index contributed by atoms with van der Waals surface area (Å²) in [7, 11) is -2.48. The maximum absolute atomic E-state index is 13.2. The Labute approximate surface area is 192 Å². The zero-order chi connectivity index (χ0) is 22.8. The van der Waals surface area contributed by atoms with Gasteiger partial charge in [0.2, 0.25) is 0 Å². The molecule has 7 nitrogen and oxygen atoms in total. The quantitative estimate of drug-likeness (QED) is 0.363. The summed E-state index contributed by atoms with van der Waals surface area (Å²) in [6.07, 6.45) is 0. The molecule has 0 aliphatic carbocycles. The summed E-state index contributed by atoms with van der Waals surface area (Å²) in [5.74, 6) is 6.71. The number of hydrogen-bond donors (Lipinski definition) is 2. The number of aromatic amines is 2. The van der Waals surface area contributed by atoms with Crippen LogP contribution in [0.2, 0.25) is 0 Å². The minimum atomic E-state index is -2.48. The van der Waals surface area contributed by atoms with Gasteiger partial charge in [-0.2, -0.15) is 10.2 Å². The molecule has 164 valence electrons. The van der Waals surface area contributed by atoms with Crippen LogP contribution >= 0.6 is 0 Å². The third kappa shape index (κ3) is 4.20. The molecule has 3 aromatic carbocycles. The van der Waals surface area contributed by atoms with E-state index < -0.39 is 9.52 Å². The van der Waals surface area contributed by atoms with E-state index in [1.54, 1.807) is 0 Å². The molecule has 0 aliphatic rings. The van der Waals surface area contributed by atoms with Crippen LogP contribution in [0.3, 0.4) is 0 Å². The Balaban J connectivity index is 1.60. The molecular formula is C25H22N6OS. The van der Waals surface area contributed by atoms with E-state index in [4.69, 9.17) is 0 Å². The van der Waals surface area contributed by atoms with Gasteiger partial charge in [-0.15, -0.1) is 0 Å². The largest absolute Gasteiger partial charge is 0.263 e. The van der Waals surface area contributed by atoms with E-state index >= 15 is 0 Å². The van der Waals surface area contributed by atoms with Crippen LogP contribution in [0.25, 0.3) is 45.6 Å². The molecule has 2 aromatic heterocycles. The Kier molecular flexibility index (Phi) is 5.35. The second-order valence-corrected chi connectivity index (χ2v) is 10.3. The second-order valence-electron chi connectivity index (χ2n) is 7.59. The Hall–Kier alpha value is -4.04. The van der Waals surface area contributed by atoms with E-state index in [9.17, 15) is 4.21 Å². The van der Waals surface area contributed by atoms with Crippen molar-refractivity contribution >= 4 is 15.4 Å². The first-order valence-corrected chi connectivity index (χ1v) is 12.4. The van der Waals surface area contributed by atoms with E-state index in [-0.39, 0.29) is 0 Å². The van der Waals surface area contributed by atoms with Gasteiger partial charge in [0.25, 0.3) is 0 Å². The molecule has 8 heteroatoms. The van der Waals surface area contributed by atoms with Crippen molar-refractivity contribution in [2.45, 2.75) is 11.8 Å². The van der Waals surface area contributed by atoms with Crippen LogP contribution in [0.4, 0.5) is 0 Å². The van der Waals surface area contributed by atoms with Gasteiger partial charge in [-0.05, 0) is 33.6 Å². The Morgan fingerprint density at radius 2 is 1.18 bits per heavy atom. The summed E-state index contributed by atoms with van der Waals surface area (Å²) in [4.78, 5) is 9.94. The van der Waals surface area contributed by atoms with Gasteiger partial charge in [0.05, 0.1) is 0 Å². The number of aromatic nitrogens is 6. The fraction of sp³-hybridized carbons (Fsp3) is 0.0800.